The maximum atomic E-state index is 12.6. The fourth-order valence-electron chi connectivity index (χ4n) is 4.84. The summed E-state index contributed by atoms with van der Waals surface area (Å²) in [6.07, 6.45) is 4.07. The van der Waals surface area contributed by atoms with E-state index >= 15 is 0 Å². The lowest BCUT2D eigenvalue weighted by Crippen LogP contribution is -2.37. The standard InChI is InChI=1S/C31H33BN2O8/c1-33-19-29(35)41-32(42-30(36)20-33)22-9-13-24(14-10-22)40-28-16-15-26-25(28)5-4-6-27(26)39-23-11-7-21(8-12-23)31(37)34(2)17-18-38-3/h4-14,19-20,28,35-36H,15-18H2,1-3H3/b29-19-,30-20-/t28-/m1/s1. The fourth-order valence-corrected chi connectivity index (χ4v) is 4.84. The summed E-state index contributed by atoms with van der Waals surface area (Å²) in [5.41, 5.74) is 3.32. The minimum absolute atomic E-state index is 0.0743. The van der Waals surface area contributed by atoms with Crippen LogP contribution in [-0.4, -0.2) is 67.4 Å². The predicted molar refractivity (Wildman–Crippen MR) is 157 cm³/mol. The highest BCUT2D eigenvalue weighted by atomic mass is 16.7. The number of amides is 1. The molecule has 0 spiro atoms. The third-order valence-electron chi connectivity index (χ3n) is 6.99. The first-order valence-corrected chi connectivity index (χ1v) is 13.6. The molecular formula is C31H33BN2O8. The van der Waals surface area contributed by atoms with Gasteiger partial charge >= 0.3 is 7.12 Å². The molecule has 5 rings (SSSR count). The topological polar surface area (TPSA) is 110 Å². The predicted octanol–water partition coefficient (Wildman–Crippen LogP) is 4.65. The van der Waals surface area contributed by atoms with E-state index in [0.717, 1.165) is 29.7 Å². The zero-order chi connectivity index (χ0) is 29.6. The van der Waals surface area contributed by atoms with Crippen LogP contribution in [0, 0.1) is 0 Å². The molecule has 1 atom stereocenters. The minimum Gasteiger partial charge on any atom is -0.494 e. The van der Waals surface area contributed by atoms with Crippen molar-refractivity contribution in [2.24, 2.45) is 0 Å². The number of hydrogen-bond acceptors (Lipinski definition) is 9. The first-order chi connectivity index (χ1) is 20.3. The van der Waals surface area contributed by atoms with Crippen molar-refractivity contribution < 1.29 is 38.5 Å². The molecule has 11 heteroatoms. The average molecular weight is 572 g/mol. The van der Waals surface area contributed by atoms with Gasteiger partial charge in [0.05, 0.1) is 19.0 Å². The molecule has 1 heterocycles. The molecule has 218 valence electrons. The summed E-state index contributed by atoms with van der Waals surface area (Å²) in [7, 11) is 3.95. The summed E-state index contributed by atoms with van der Waals surface area (Å²) in [4.78, 5) is 15.6. The molecular weight excluding hydrogens is 539 g/mol. The SMILES string of the molecule is COCCN(C)C(=O)c1ccc(Oc2cccc3c2CC[C@H]3Oc2ccc(B3O/C(O)=C\N(C)/C=C(/O)O3)cc2)cc1. The van der Waals surface area contributed by atoms with Gasteiger partial charge in [0.2, 0.25) is 0 Å². The number of rotatable bonds is 9. The van der Waals surface area contributed by atoms with E-state index in [1.54, 1.807) is 74.6 Å². The van der Waals surface area contributed by atoms with Crippen molar-refractivity contribution in [1.82, 2.24) is 9.80 Å². The van der Waals surface area contributed by atoms with Crippen LogP contribution in [0.5, 0.6) is 17.2 Å². The Morgan fingerprint density at radius 1 is 1.00 bits per heavy atom. The second-order valence-corrected chi connectivity index (χ2v) is 10.1. The molecule has 2 aliphatic rings. The maximum absolute atomic E-state index is 12.6. The molecule has 1 aliphatic carbocycles. The second-order valence-electron chi connectivity index (χ2n) is 10.1. The van der Waals surface area contributed by atoms with Gasteiger partial charge in [-0.3, -0.25) is 4.79 Å². The van der Waals surface area contributed by atoms with E-state index in [0.29, 0.717) is 35.7 Å². The van der Waals surface area contributed by atoms with Gasteiger partial charge in [-0.05, 0) is 60.9 Å². The summed E-state index contributed by atoms with van der Waals surface area (Å²) in [6.45, 7) is 0.996. The van der Waals surface area contributed by atoms with Gasteiger partial charge in [0.15, 0.2) is 0 Å². The van der Waals surface area contributed by atoms with Gasteiger partial charge in [0.25, 0.3) is 17.8 Å². The highest BCUT2D eigenvalue weighted by Gasteiger charge is 2.31. The van der Waals surface area contributed by atoms with Crippen LogP contribution in [0.15, 0.2) is 91.0 Å². The monoisotopic (exact) mass is 572 g/mol. The Hall–Kier alpha value is -4.77. The smallest absolute Gasteiger partial charge is 0.494 e. The fraction of sp³-hybridized carbons (Fsp3) is 0.258. The zero-order valence-electron chi connectivity index (χ0n) is 23.7. The van der Waals surface area contributed by atoms with Gasteiger partial charge in [0.1, 0.15) is 23.4 Å². The number of benzene rings is 3. The lowest BCUT2D eigenvalue weighted by molar-refractivity contribution is 0.0744. The van der Waals surface area contributed by atoms with E-state index in [-0.39, 0.29) is 23.9 Å². The molecule has 42 heavy (non-hydrogen) atoms. The average Bonchev–Trinajstić information content (AvgIpc) is 3.38. The Morgan fingerprint density at radius 2 is 1.67 bits per heavy atom. The summed E-state index contributed by atoms with van der Waals surface area (Å²) in [5, 5.41) is 20.0. The Labute approximate surface area is 245 Å². The van der Waals surface area contributed by atoms with E-state index in [4.69, 9.17) is 23.5 Å². The van der Waals surface area contributed by atoms with Crippen LogP contribution < -0.4 is 14.9 Å². The highest BCUT2D eigenvalue weighted by Crippen LogP contribution is 2.40. The number of hydrogen-bond donors (Lipinski definition) is 2. The van der Waals surface area contributed by atoms with Crippen LogP contribution in [0.4, 0.5) is 0 Å². The van der Waals surface area contributed by atoms with Gasteiger partial charge in [0, 0.05) is 44.3 Å². The Bertz CT molecular complexity index is 1440. The molecule has 3 aromatic carbocycles. The molecule has 10 nitrogen and oxygen atoms in total. The molecule has 2 N–H and O–H groups in total. The van der Waals surface area contributed by atoms with Crippen molar-refractivity contribution in [3.63, 3.8) is 0 Å². The van der Waals surface area contributed by atoms with E-state index in [1.165, 1.54) is 17.3 Å². The van der Waals surface area contributed by atoms with Gasteiger partial charge in [-0.1, -0.05) is 24.3 Å². The molecule has 0 bridgehead atoms. The van der Waals surface area contributed by atoms with Gasteiger partial charge < -0.3 is 43.5 Å². The molecule has 3 aromatic rings. The van der Waals surface area contributed by atoms with Crippen LogP contribution in [0.2, 0.25) is 0 Å². The number of carbonyl (C=O) groups is 1. The lowest BCUT2D eigenvalue weighted by atomic mass is 9.79. The largest absolute Gasteiger partial charge is 0.636 e. The highest BCUT2D eigenvalue weighted by molar-refractivity contribution is 6.61. The summed E-state index contributed by atoms with van der Waals surface area (Å²) in [6, 6.07) is 20.2. The van der Waals surface area contributed by atoms with Crippen LogP contribution in [-0.2, 0) is 20.5 Å². The molecule has 0 saturated heterocycles. The second kappa shape index (κ2) is 12.8. The number of methoxy groups -OCH3 is 1. The minimum atomic E-state index is -1.03. The van der Waals surface area contributed by atoms with Crippen molar-refractivity contribution in [3.8, 4) is 17.2 Å². The molecule has 0 unspecified atom stereocenters. The summed E-state index contributed by atoms with van der Waals surface area (Å²) < 4.78 is 28.4. The lowest BCUT2D eigenvalue weighted by Gasteiger charge is -2.20. The number of aliphatic hydroxyl groups excluding tert-OH is 2. The quantitative estimate of drug-likeness (QED) is 0.354. The van der Waals surface area contributed by atoms with Gasteiger partial charge in [-0.15, -0.1) is 0 Å². The molecule has 0 fully saturated rings. The van der Waals surface area contributed by atoms with E-state index in [1.807, 2.05) is 18.2 Å². The molecule has 0 saturated carbocycles. The maximum Gasteiger partial charge on any atom is 0.636 e. The first kappa shape index (κ1) is 28.8. The third-order valence-corrected chi connectivity index (χ3v) is 6.99. The number of ether oxygens (including phenoxy) is 3. The Kier molecular flexibility index (Phi) is 8.78. The van der Waals surface area contributed by atoms with Crippen molar-refractivity contribution in [1.29, 1.82) is 0 Å². The number of aliphatic hydroxyl groups is 2. The molecule has 1 amide bonds. The third kappa shape index (κ3) is 6.75. The first-order valence-electron chi connectivity index (χ1n) is 13.6. The normalized spacial score (nSPS) is 18.7. The van der Waals surface area contributed by atoms with Crippen molar-refractivity contribution in [2.45, 2.75) is 18.9 Å². The molecule has 0 aromatic heterocycles. The van der Waals surface area contributed by atoms with Gasteiger partial charge in [-0.2, -0.15) is 0 Å². The Morgan fingerprint density at radius 3 is 2.33 bits per heavy atom. The van der Waals surface area contributed by atoms with Crippen LogP contribution in [0.1, 0.15) is 34.0 Å². The summed E-state index contributed by atoms with van der Waals surface area (Å²) in [5.74, 6) is 1.30. The molecule has 1 aliphatic heterocycles. The van der Waals surface area contributed by atoms with Crippen molar-refractivity contribution in [2.75, 3.05) is 34.4 Å². The van der Waals surface area contributed by atoms with Crippen LogP contribution in [0.25, 0.3) is 0 Å². The molecule has 0 radical (unpaired) electrons. The van der Waals surface area contributed by atoms with E-state index in [2.05, 4.69) is 0 Å². The Balaban J connectivity index is 1.23. The number of fused-ring (bicyclic) bond motifs is 1. The van der Waals surface area contributed by atoms with E-state index in [9.17, 15) is 15.0 Å². The van der Waals surface area contributed by atoms with Gasteiger partial charge in [-0.25, -0.2) is 0 Å². The summed E-state index contributed by atoms with van der Waals surface area (Å²) >= 11 is 0. The zero-order valence-corrected chi connectivity index (χ0v) is 23.7. The van der Waals surface area contributed by atoms with Crippen LogP contribution >= 0.6 is 0 Å². The van der Waals surface area contributed by atoms with Crippen LogP contribution in [0.3, 0.4) is 0 Å². The van der Waals surface area contributed by atoms with Crippen molar-refractivity contribution >= 4 is 18.5 Å². The number of carbonyl (C=O) groups excluding carboxylic acids is 1. The number of likely N-dealkylation sites (N-methyl/N-ethyl adjacent to an activating group) is 1. The van der Waals surface area contributed by atoms with E-state index < -0.39 is 7.12 Å². The number of nitrogens with zero attached hydrogens (tertiary/aromatic N) is 2. The van der Waals surface area contributed by atoms with Crippen molar-refractivity contribution in [3.05, 3.63) is 108 Å².